The molecule has 18 heavy (non-hydrogen) atoms. The Kier molecular flexibility index (Phi) is 3.63. The van der Waals surface area contributed by atoms with E-state index >= 15 is 0 Å². The highest BCUT2D eigenvalue weighted by Crippen LogP contribution is 2.29. The lowest BCUT2D eigenvalue weighted by Crippen LogP contribution is -2.56. The van der Waals surface area contributed by atoms with Crippen LogP contribution in [0.3, 0.4) is 0 Å². The predicted molar refractivity (Wildman–Crippen MR) is 63.2 cm³/mol. The van der Waals surface area contributed by atoms with Gasteiger partial charge in [0.25, 0.3) is 0 Å². The van der Waals surface area contributed by atoms with Crippen molar-refractivity contribution < 1.29 is 19.0 Å². The number of nitrogens with zero attached hydrogens (tertiary/aromatic N) is 1. The van der Waals surface area contributed by atoms with Crippen LogP contribution in [0.15, 0.2) is 24.3 Å². The summed E-state index contributed by atoms with van der Waals surface area (Å²) in [5, 5.41) is 9.28. The van der Waals surface area contributed by atoms with Crippen molar-refractivity contribution in [2.24, 2.45) is 5.41 Å². The Morgan fingerprint density at radius 2 is 2.06 bits per heavy atom. The number of hydrogen-bond acceptors (Lipinski definition) is 3. The number of benzene rings is 1. The molecule has 5 heteroatoms. The Hall–Kier alpha value is -1.46. The lowest BCUT2D eigenvalue weighted by Gasteiger charge is -2.40. The zero-order valence-corrected chi connectivity index (χ0v) is 10.2. The third-order valence-electron chi connectivity index (χ3n) is 3.19. The number of hydrogen-bond donors (Lipinski definition) is 1. The molecule has 1 aromatic carbocycles. The van der Waals surface area contributed by atoms with E-state index in [-0.39, 0.29) is 31.5 Å². The number of ether oxygens (including phenoxy) is 1. The molecular formula is C13H16FNO3. The van der Waals surface area contributed by atoms with Crippen molar-refractivity contribution in [1.82, 2.24) is 4.90 Å². The number of carbonyl (C=O) groups excluding carboxylic acids is 1. The van der Waals surface area contributed by atoms with Crippen LogP contribution in [0.1, 0.15) is 5.56 Å². The summed E-state index contributed by atoms with van der Waals surface area (Å²) in [7, 11) is 1.67. The average molecular weight is 253 g/mol. The van der Waals surface area contributed by atoms with Crippen molar-refractivity contribution in [2.75, 3.05) is 26.9 Å². The van der Waals surface area contributed by atoms with Crippen molar-refractivity contribution in [2.45, 2.75) is 6.54 Å². The predicted octanol–water partition coefficient (Wildman–Crippen LogP) is 0.793. The maximum atomic E-state index is 12.8. The molecule has 0 unspecified atom stereocenters. The zero-order valence-electron chi connectivity index (χ0n) is 10.2. The summed E-state index contributed by atoms with van der Waals surface area (Å²) < 4.78 is 17.8. The summed E-state index contributed by atoms with van der Waals surface area (Å²) in [5.74, 6) is -0.437. The molecule has 1 heterocycles. The minimum Gasteiger partial charge on any atom is -0.395 e. The second kappa shape index (κ2) is 5.04. The Labute approximate surface area is 105 Å². The van der Waals surface area contributed by atoms with Gasteiger partial charge in [0.15, 0.2) is 0 Å². The lowest BCUT2D eigenvalue weighted by atomic mass is 9.85. The minimum atomic E-state index is -0.783. The van der Waals surface area contributed by atoms with E-state index in [1.54, 1.807) is 19.2 Å². The highest BCUT2D eigenvalue weighted by atomic mass is 19.1. The summed E-state index contributed by atoms with van der Waals surface area (Å²) in [4.78, 5) is 13.7. The maximum absolute atomic E-state index is 12.8. The molecule has 0 saturated carbocycles. The molecule has 1 aliphatic rings. The number of rotatable bonds is 4. The van der Waals surface area contributed by atoms with Crippen LogP contribution in [-0.4, -0.2) is 42.8 Å². The molecule has 1 saturated heterocycles. The first kappa shape index (κ1) is 13.0. The van der Waals surface area contributed by atoms with Gasteiger partial charge in [-0.1, -0.05) is 12.1 Å². The minimum absolute atomic E-state index is 0.138. The van der Waals surface area contributed by atoms with Crippen molar-refractivity contribution in [1.29, 1.82) is 0 Å². The molecule has 4 nitrogen and oxygen atoms in total. The van der Waals surface area contributed by atoms with E-state index in [1.807, 2.05) is 0 Å². The SMILES string of the molecule is CN(Cc1ccc(F)cc1)C(=O)C1(CO)COC1. The summed E-state index contributed by atoms with van der Waals surface area (Å²) in [6.07, 6.45) is 0. The molecule has 1 aromatic rings. The number of aliphatic hydroxyl groups excluding tert-OH is 1. The fourth-order valence-electron chi connectivity index (χ4n) is 1.97. The van der Waals surface area contributed by atoms with Crippen LogP contribution in [0.25, 0.3) is 0 Å². The summed E-state index contributed by atoms with van der Waals surface area (Å²) in [6.45, 7) is 0.701. The number of halogens is 1. The van der Waals surface area contributed by atoms with Crippen LogP contribution in [0.2, 0.25) is 0 Å². The normalized spacial score (nSPS) is 17.1. The Balaban J connectivity index is 2.01. The van der Waals surface area contributed by atoms with Crippen molar-refractivity contribution in [3.05, 3.63) is 35.6 Å². The van der Waals surface area contributed by atoms with Crippen molar-refractivity contribution >= 4 is 5.91 Å². The van der Waals surface area contributed by atoms with Gasteiger partial charge in [0.05, 0.1) is 19.8 Å². The highest BCUT2D eigenvalue weighted by molar-refractivity contribution is 5.83. The maximum Gasteiger partial charge on any atom is 0.235 e. The number of carbonyl (C=O) groups is 1. The highest BCUT2D eigenvalue weighted by Gasteiger charge is 2.46. The van der Waals surface area contributed by atoms with Crippen molar-refractivity contribution in [3.8, 4) is 0 Å². The molecule has 2 rings (SSSR count). The quantitative estimate of drug-likeness (QED) is 0.863. The van der Waals surface area contributed by atoms with E-state index < -0.39 is 5.41 Å². The van der Waals surface area contributed by atoms with E-state index in [0.717, 1.165) is 5.56 Å². The molecule has 1 fully saturated rings. The van der Waals surface area contributed by atoms with E-state index in [4.69, 9.17) is 4.74 Å². The van der Waals surface area contributed by atoms with Crippen LogP contribution >= 0.6 is 0 Å². The van der Waals surface area contributed by atoms with Gasteiger partial charge in [-0.2, -0.15) is 0 Å². The van der Waals surface area contributed by atoms with Gasteiger partial charge in [0.1, 0.15) is 11.2 Å². The Bertz CT molecular complexity index is 423. The fraction of sp³-hybridized carbons (Fsp3) is 0.462. The molecule has 1 aliphatic heterocycles. The van der Waals surface area contributed by atoms with Crippen molar-refractivity contribution in [3.63, 3.8) is 0 Å². The first-order valence-electron chi connectivity index (χ1n) is 5.76. The largest absolute Gasteiger partial charge is 0.395 e. The van der Waals surface area contributed by atoms with E-state index in [0.29, 0.717) is 6.54 Å². The van der Waals surface area contributed by atoms with Crippen LogP contribution in [0.4, 0.5) is 4.39 Å². The first-order chi connectivity index (χ1) is 8.57. The summed E-state index contributed by atoms with van der Waals surface area (Å²) >= 11 is 0. The van der Waals surface area contributed by atoms with Crippen LogP contribution in [0, 0.1) is 11.2 Å². The molecule has 0 radical (unpaired) electrons. The fourth-order valence-corrected chi connectivity index (χ4v) is 1.97. The number of aliphatic hydroxyl groups is 1. The molecule has 98 valence electrons. The van der Waals surface area contributed by atoms with Gasteiger partial charge < -0.3 is 14.7 Å². The lowest BCUT2D eigenvalue weighted by molar-refractivity contribution is -0.179. The first-order valence-corrected chi connectivity index (χ1v) is 5.76. The van der Waals surface area contributed by atoms with Gasteiger partial charge in [-0.15, -0.1) is 0 Å². The number of amides is 1. The van der Waals surface area contributed by atoms with Gasteiger partial charge in [0, 0.05) is 13.6 Å². The topological polar surface area (TPSA) is 49.8 Å². The molecule has 0 spiro atoms. The molecule has 0 bridgehead atoms. The second-order valence-electron chi connectivity index (χ2n) is 4.72. The Morgan fingerprint density at radius 3 is 2.50 bits per heavy atom. The molecule has 1 amide bonds. The van der Waals surface area contributed by atoms with Gasteiger partial charge in [-0.25, -0.2) is 4.39 Å². The average Bonchev–Trinajstić information content (AvgIpc) is 2.31. The van der Waals surface area contributed by atoms with E-state index in [2.05, 4.69) is 0 Å². The molecule has 1 N–H and O–H groups in total. The third-order valence-corrected chi connectivity index (χ3v) is 3.19. The van der Waals surface area contributed by atoms with Gasteiger partial charge >= 0.3 is 0 Å². The van der Waals surface area contributed by atoms with Crippen LogP contribution in [-0.2, 0) is 16.1 Å². The molecule has 0 atom stereocenters. The van der Waals surface area contributed by atoms with Gasteiger partial charge in [-0.05, 0) is 17.7 Å². The standard InChI is InChI=1S/C13H16FNO3/c1-15(6-10-2-4-11(14)5-3-10)12(17)13(7-16)8-18-9-13/h2-5,16H,6-9H2,1H3. The van der Waals surface area contributed by atoms with Crippen LogP contribution < -0.4 is 0 Å². The zero-order chi connectivity index (χ0) is 13.2. The summed E-state index contributed by atoms with van der Waals surface area (Å²) in [6, 6.07) is 6.01. The summed E-state index contributed by atoms with van der Waals surface area (Å²) in [5.41, 5.74) is 0.0648. The third kappa shape index (κ3) is 2.37. The molecule has 0 aliphatic carbocycles. The Morgan fingerprint density at radius 1 is 1.44 bits per heavy atom. The smallest absolute Gasteiger partial charge is 0.235 e. The van der Waals surface area contributed by atoms with Gasteiger partial charge in [-0.3, -0.25) is 4.79 Å². The second-order valence-corrected chi connectivity index (χ2v) is 4.72. The monoisotopic (exact) mass is 253 g/mol. The van der Waals surface area contributed by atoms with Crippen LogP contribution in [0.5, 0.6) is 0 Å². The molecular weight excluding hydrogens is 237 g/mol. The molecule has 0 aromatic heterocycles. The van der Waals surface area contributed by atoms with E-state index in [9.17, 15) is 14.3 Å². The van der Waals surface area contributed by atoms with Gasteiger partial charge in [0.2, 0.25) is 5.91 Å². The van der Waals surface area contributed by atoms with E-state index in [1.165, 1.54) is 17.0 Å².